The van der Waals surface area contributed by atoms with E-state index in [9.17, 15) is 4.79 Å². The van der Waals surface area contributed by atoms with Crippen molar-refractivity contribution in [3.05, 3.63) is 47.4 Å². The summed E-state index contributed by atoms with van der Waals surface area (Å²) in [5.41, 5.74) is 0.565. The Hall–Kier alpha value is -1.94. The molecule has 1 aromatic carbocycles. The van der Waals surface area contributed by atoms with Crippen molar-refractivity contribution in [3.8, 4) is 5.75 Å². The van der Waals surface area contributed by atoms with Crippen molar-refractivity contribution in [2.75, 3.05) is 5.32 Å². The maximum atomic E-state index is 11.6. The first-order chi connectivity index (χ1) is 7.65. The van der Waals surface area contributed by atoms with Crippen LogP contribution in [0.5, 0.6) is 5.75 Å². The van der Waals surface area contributed by atoms with Gasteiger partial charge in [-0.25, -0.2) is 0 Å². The molecule has 5 heteroatoms. The Morgan fingerprint density at radius 3 is 2.44 bits per heavy atom. The summed E-state index contributed by atoms with van der Waals surface area (Å²) in [5.74, 6) is -0.116. The van der Waals surface area contributed by atoms with Gasteiger partial charge in [0.2, 0.25) is 0 Å². The predicted octanol–water partition coefficient (Wildman–Crippen LogP) is 2.89. The van der Waals surface area contributed by atoms with E-state index < -0.39 is 5.91 Å². The summed E-state index contributed by atoms with van der Waals surface area (Å²) in [4.78, 5) is 11.6. The van der Waals surface area contributed by atoms with Gasteiger partial charge >= 0.3 is 0 Å². The van der Waals surface area contributed by atoms with Gasteiger partial charge in [-0.2, -0.15) is 0 Å². The van der Waals surface area contributed by atoms with E-state index in [4.69, 9.17) is 21.1 Å². The molecule has 0 fully saturated rings. The average Bonchev–Trinajstić information content (AvgIpc) is 2.68. The number of carbonyl (C=O) groups excluding carboxylic acids is 1. The second-order valence-electron chi connectivity index (χ2n) is 3.10. The van der Waals surface area contributed by atoms with E-state index in [1.807, 2.05) is 0 Å². The van der Waals surface area contributed by atoms with Crippen molar-refractivity contribution < 1.29 is 14.3 Å². The van der Waals surface area contributed by atoms with E-state index in [0.717, 1.165) is 0 Å². The highest BCUT2D eigenvalue weighted by Crippen LogP contribution is 2.17. The van der Waals surface area contributed by atoms with Gasteiger partial charge in [0.15, 0.2) is 11.0 Å². The summed E-state index contributed by atoms with van der Waals surface area (Å²) in [6.45, 7) is 0. The Bertz CT molecular complexity index is 504. The second-order valence-corrected chi connectivity index (χ2v) is 3.48. The maximum absolute atomic E-state index is 11.6. The van der Waals surface area contributed by atoms with Crippen LogP contribution in [0.2, 0.25) is 5.22 Å². The molecule has 0 radical (unpaired) electrons. The number of furan rings is 1. The minimum absolute atomic E-state index is 0.137. The van der Waals surface area contributed by atoms with Gasteiger partial charge in [0.25, 0.3) is 5.91 Å². The number of phenols is 1. The summed E-state index contributed by atoms with van der Waals surface area (Å²) in [7, 11) is 0. The standard InChI is InChI=1S/C11H8ClNO3/c12-10-6-5-9(16-10)11(15)13-7-1-3-8(14)4-2-7/h1-6,14H,(H,13,15). The number of rotatable bonds is 2. The van der Waals surface area contributed by atoms with Gasteiger partial charge < -0.3 is 14.8 Å². The highest BCUT2D eigenvalue weighted by atomic mass is 35.5. The van der Waals surface area contributed by atoms with Crippen molar-refractivity contribution >= 4 is 23.2 Å². The van der Waals surface area contributed by atoms with E-state index in [-0.39, 0.29) is 16.7 Å². The zero-order valence-corrected chi connectivity index (χ0v) is 8.86. The minimum atomic E-state index is -0.391. The molecule has 2 aromatic rings. The highest BCUT2D eigenvalue weighted by molar-refractivity contribution is 6.29. The van der Waals surface area contributed by atoms with Crippen molar-refractivity contribution in [2.24, 2.45) is 0 Å². The van der Waals surface area contributed by atoms with Crippen LogP contribution >= 0.6 is 11.6 Å². The lowest BCUT2D eigenvalue weighted by Crippen LogP contribution is -2.10. The molecule has 4 nitrogen and oxygen atoms in total. The van der Waals surface area contributed by atoms with Crippen LogP contribution in [0.25, 0.3) is 0 Å². The van der Waals surface area contributed by atoms with Crippen molar-refractivity contribution in [3.63, 3.8) is 0 Å². The third-order valence-electron chi connectivity index (χ3n) is 1.92. The van der Waals surface area contributed by atoms with Crippen molar-refractivity contribution in [1.29, 1.82) is 0 Å². The molecule has 0 spiro atoms. The zero-order chi connectivity index (χ0) is 11.5. The van der Waals surface area contributed by atoms with Crippen LogP contribution in [0.3, 0.4) is 0 Å². The molecule has 0 aliphatic carbocycles. The Morgan fingerprint density at radius 2 is 1.88 bits per heavy atom. The molecule has 0 saturated heterocycles. The summed E-state index contributed by atoms with van der Waals surface area (Å²) >= 11 is 5.55. The largest absolute Gasteiger partial charge is 0.508 e. The molecule has 0 bridgehead atoms. The van der Waals surface area contributed by atoms with E-state index in [2.05, 4.69) is 5.32 Å². The zero-order valence-electron chi connectivity index (χ0n) is 8.11. The molecule has 2 rings (SSSR count). The molecule has 0 aliphatic rings. The van der Waals surface area contributed by atoms with Crippen LogP contribution < -0.4 is 5.32 Å². The van der Waals surface area contributed by atoms with E-state index in [1.54, 1.807) is 12.1 Å². The van der Waals surface area contributed by atoms with E-state index >= 15 is 0 Å². The van der Waals surface area contributed by atoms with Crippen molar-refractivity contribution in [1.82, 2.24) is 0 Å². The van der Waals surface area contributed by atoms with Crippen LogP contribution in [0.4, 0.5) is 5.69 Å². The number of benzene rings is 1. The Balaban J connectivity index is 2.10. The van der Waals surface area contributed by atoms with Crippen LogP contribution in [0.1, 0.15) is 10.6 Å². The monoisotopic (exact) mass is 237 g/mol. The molecule has 82 valence electrons. The van der Waals surface area contributed by atoms with Crippen LogP contribution in [-0.2, 0) is 0 Å². The highest BCUT2D eigenvalue weighted by Gasteiger charge is 2.10. The van der Waals surface area contributed by atoms with Gasteiger partial charge in [-0.05, 0) is 48.0 Å². The fourth-order valence-corrected chi connectivity index (χ4v) is 1.32. The number of anilines is 1. The third-order valence-corrected chi connectivity index (χ3v) is 2.13. The van der Waals surface area contributed by atoms with Gasteiger partial charge in [0.1, 0.15) is 5.75 Å². The lowest BCUT2D eigenvalue weighted by Gasteiger charge is -2.02. The molecule has 0 saturated carbocycles. The van der Waals surface area contributed by atoms with E-state index in [0.29, 0.717) is 5.69 Å². The van der Waals surface area contributed by atoms with Crippen LogP contribution in [0, 0.1) is 0 Å². The van der Waals surface area contributed by atoms with E-state index in [1.165, 1.54) is 24.3 Å². The number of hydrogen-bond acceptors (Lipinski definition) is 3. The SMILES string of the molecule is O=C(Nc1ccc(O)cc1)c1ccc(Cl)o1. The van der Waals surface area contributed by atoms with Gasteiger partial charge in [0.05, 0.1) is 0 Å². The number of nitrogens with one attached hydrogen (secondary N) is 1. The molecule has 0 aliphatic heterocycles. The fraction of sp³-hybridized carbons (Fsp3) is 0. The van der Waals surface area contributed by atoms with Gasteiger partial charge in [-0.15, -0.1) is 0 Å². The first-order valence-corrected chi connectivity index (χ1v) is 4.88. The van der Waals surface area contributed by atoms with Crippen LogP contribution in [-0.4, -0.2) is 11.0 Å². The topological polar surface area (TPSA) is 62.5 Å². The number of phenolic OH excluding ortho intramolecular Hbond substituents is 1. The Labute approximate surface area is 96.5 Å². The lowest BCUT2D eigenvalue weighted by atomic mass is 10.3. The van der Waals surface area contributed by atoms with Gasteiger partial charge in [0, 0.05) is 5.69 Å². The number of aromatic hydroxyl groups is 1. The average molecular weight is 238 g/mol. The third kappa shape index (κ3) is 2.35. The first-order valence-electron chi connectivity index (χ1n) is 4.51. The Morgan fingerprint density at radius 1 is 1.19 bits per heavy atom. The molecule has 2 N–H and O–H groups in total. The second kappa shape index (κ2) is 4.28. The summed E-state index contributed by atoms with van der Waals surface area (Å²) in [5, 5.41) is 11.8. The first kappa shape index (κ1) is 10.6. The summed E-state index contributed by atoms with van der Waals surface area (Å²) in [6.07, 6.45) is 0. The fourth-order valence-electron chi connectivity index (χ4n) is 1.17. The molecule has 0 atom stereocenters. The number of carbonyl (C=O) groups is 1. The molecular formula is C11H8ClNO3. The smallest absolute Gasteiger partial charge is 0.291 e. The molecule has 1 heterocycles. The Kier molecular flexibility index (Phi) is 2.83. The number of amides is 1. The molecule has 1 amide bonds. The van der Waals surface area contributed by atoms with Gasteiger partial charge in [-0.3, -0.25) is 4.79 Å². The molecule has 1 aromatic heterocycles. The maximum Gasteiger partial charge on any atom is 0.291 e. The predicted molar refractivity (Wildman–Crippen MR) is 59.8 cm³/mol. The number of halogens is 1. The number of hydrogen-bond donors (Lipinski definition) is 2. The quantitative estimate of drug-likeness (QED) is 0.790. The van der Waals surface area contributed by atoms with Crippen LogP contribution in [0.15, 0.2) is 40.8 Å². The van der Waals surface area contributed by atoms with Gasteiger partial charge in [-0.1, -0.05) is 0 Å². The minimum Gasteiger partial charge on any atom is -0.508 e. The molecule has 0 unspecified atom stereocenters. The molecular weight excluding hydrogens is 230 g/mol. The normalized spacial score (nSPS) is 10.1. The lowest BCUT2D eigenvalue weighted by molar-refractivity contribution is 0.0997. The summed E-state index contributed by atoms with van der Waals surface area (Å²) in [6, 6.07) is 9.09. The summed E-state index contributed by atoms with van der Waals surface area (Å²) < 4.78 is 4.95. The van der Waals surface area contributed by atoms with Crippen molar-refractivity contribution in [2.45, 2.75) is 0 Å². The molecule has 16 heavy (non-hydrogen) atoms.